The third kappa shape index (κ3) is 5.29. The van der Waals surface area contributed by atoms with Gasteiger partial charge in [-0.3, -0.25) is 0 Å². The monoisotopic (exact) mass is 486 g/mol. The molecule has 2 atom stereocenters. The van der Waals surface area contributed by atoms with Gasteiger partial charge in [0.15, 0.2) is 0 Å². The van der Waals surface area contributed by atoms with E-state index in [2.05, 4.69) is 64.1 Å². The fourth-order valence-corrected chi connectivity index (χ4v) is 6.61. The maximum absolute atomic E-state index is 11.1. The second-order valence-electron chi connectivity index (χ2n) is 8.83. The standard InChI is InChI=1S/C30H30O2S2/c1-19-15-25(21(3)23-11-7-5-8-12-23)29(31)27(17-19)33-34-28-18-20(2)16-26(30(28)32)22(4)24-13-9-6-10-14-24/h5-18,21-22,31-32H,1-4H3. The van der Waals surface area contributed by atoms with Crippen LogP contribution in [0, 0.1) is 13.8 Å². The summed E-state index contributed by atoms with van der Waals surface area (Å²) in [6, 6.07) is 28.6. The van der Waals surface area contributed by atoms with Crippen molar-refractivity contribution in [1.82, 2.24) is 0 Å². The van der Waals surface area contributed by atoms with Gasteiger partial charge in [-0.05, 0) is 69.8 Å². The van der Waals surface area contributed by atoms with Crippen molar-refractivity contribution < 1.29 is 10.2 Å². The Morgan fingerprint density at radius 3 is 1.26 bits per heavy atom. The maximum Gasteiger partial charge on any atom is 0.133 e. The second kappa shape index (κ2) is 10.6. The molecule has 2 N–H and O–H groups in total. The molecule has 0 saturated heterocycles. The number of hydrogen-bond donors (Lipinski definition) is 2. The molecule has 0 heterocycles. The number of phenols is 2. The van der Waals surface area contributed by atoms with Crippen LogP contribution in [0.5, 0.6) is 11.5 Å². The molecule has 0 aliphatic carbocycles. The SMILES string of the molecule is Cc1cc(SSc2cc(C)cc(C(C)c3ccccc3)c2O)c(O)c(C(C)c2ccccc2)c1. The van der Waals surface area contributed by atoms with Crippen LogP contribution in [-0.4, -0.2) is 10.2 Å². The predicted octanol–water partition coefficient (Wildman–Crippen LogP) is 8.82. The molecule has 0 radical (unpaired) electrons. The van der Waals surface area contributed by atoms with Crippen LogP contribution in [0.25, 0.3) is 0 Å². The molecular weight excluding hydrogens is 456 g/mol. The van der Waals surface area contributed by atoms with E-state index >= 15 is 0 Å². The van der Waals surface area contributed by atoms with Gasteiger partial charge in [0.25, 0.3) is 0 Å². The molecule has 4 heteroatoms. The highest BCUT2D eigenvalue weighted by molar-refractivity contribution is 8.76. The molecule has 0 fully saturated rings. The zero-order chi connectivity index (χ0) is 24.2. The van der Waals surface area contributed by atoms with Gasteiger partial charge >= 0.3 is 0 Å². The lowest BCUT2D eigenvalue weighted by molar-refractivity contribution is 0.452. The minimum Gasteiger partial charge on any atom is -0.506 e. The Morgan fingerprint density at radius 1 is 0.559 bits per heavy atom. The van der Waals surface area contributed by atoms with Gasteiger partial charge in [-0.25, -0.2) is 0 Å². The summed E-state index contributed by atoms with van der Waals surface area (Å²) in [6.45, 7) is 8.35. The Balaban J connectivity index is 1.62. The van der Waals surface area contributed by atoms with Crippen LogP contribution < -0.4 is 0 Å². The predicted molar refractivity (Wildman–Crippen MR) is 145 cm³/mol. The van der Waals surface area contributed by atoms with E-state index in [9.17, 15) is 10.2 Å². The van der Waals surface area contributed by atoms with Gasteiger partial charge in [-0.1, -0.05) is 86.6 Å². The van der Waals surface area contributed by atoms with Gasteiger partial charge in [0, 0.05) is 23.0 Å². The Morgan fingerprint density at radius 2 is 0.912 bits per heavy atom. The van der Waals surface area contributed by atoms with Gasteiger partial charge in [0.1, 0.15) is 11.5 Å². The Hall–Kier alpha value is -2.82. The molecule has 0 aromatic heterocycles. The van der Waals surface area contributed by atoms with Crippen LogP contribution in [0.3, 0.4) is 0 Å². The normalized spacial score (nSPS) is 12.9. The first-order valence-electron chi connectivity index (χ1n) is 11.5. The van der Waals surface area contributed by atoms with Crippen molar-refractivity contribution in [1.29, 1.82) is 0 Å². The van der Waals surface area contributed by atoms with Gasteiger partial charge in [0.05, 0.1) is 9.79 Å². The molecule has 0 bridgehead atoms. The average Bonchev–Trinajstić information content (AvgIpc) is 2.86. The van der Waals surface area contributed by atoms with E-state index in [0.717, 1.165) is 32.0 Å². The van der Waals surface area contributed by atoms with E-state index in [1.54, 1.807) is 0 Å². The molecule has 0 saturated carbocycles. The largest absolute Gasteiger partial charge is 0.506 e. The number of aryl methyl sites for hydroxylation is 2. The smallest absolute Gasteiger partial charge is 0.133 e. The molecule has 0 aliphatic heterocycles. The molecular formula is C30H30O2S2. The lowest BCUT2D eigenvalue weighted by atomic mass is 9.91. The highest BCUT2D eigenvalue weighted by atomic mass is 33.1. The summed E-state index contributed by atoms with van der Waals surface area (Å²) < 4.78 is 0. The number of phenolic OH excluding ortho intramolecular Hbond substituents is 2. The molecule has 0 spiro atoms. The lowest BCUT2D eigenvalue weighted by Crippen LogP contribution is -1.98. The Kier molecular flexibility index (Phi) is 7.60. The summed E-state index contributed by atoms with van der Waals surface area (Å²) in [5, 5.41) is 22.3. The number of aromatic hydroxyl groups is 2. The first-order chi connectivity index (χ1) is 16.3. The van der Waals surface area contributed by atoms with Gasteiger partial charge in [-0.15, -0.1) is 0 Å². The average molecular weight is 487 g/mol. The number of hydrogen-bond acceptors (Lipinski definition) is 4. The Bertz CT molecular complexity index is 1170. The molecule has 34 heavy (non-hydrogen) atoms. The molecule has 4 aromatic carbocycles. The summed E-state index contributed by atoms with van der Waals surface area (Å²) in [7, 11) is 2.97. The second-order valence-corrected chi connectivity index (χ2v) is 11.0. The van der Waals surface area contributed by atoms with Gasteiger partial charge in [0.2, 0.25) is 0 Å². The number of benzene rings is 4. The summed E-state index contributed by atoms with van der Waals surface area (Å²) in [6.07, 6.45) is 0. The molecule has 0 amide bonds. The molecule has 174 valence electrons. The summed E-state index contributed by atoms with van der Waals surface area (Å²) >= 11 is 0. The maximum atomic E-state index is 11.1. The van der Waals surface area contributed by atoms with E-state index in [-0.39, 0.29) is 11.8 Å². The van der Waals surface area contributed by atoms with E-state index in [1.807, 2.05) is 48.5 Å². The van der Waals surface area contributed by atoms with Crippen LogP contribution in [0.1, 0.15) is 59.1 Å². The lowest BCUT2D eigenvalue weighted by Gasteiger charge is -2.19. The Labute approximate surface area is 210 Å². The van der Waals surface area contributed by atoms with Gasteiger partial charge < -0.3 is 10.2 Å². The van der Waals surface area contributed by atoms with Crippen molar-refractivity contribution >= 4 is 21.6 Å². The number of rotatable bonds is 7. The molecule has 4 rings (SSSR count). The minimum atomic E-state index is 0.0798. The zero-order valence-corrected chi connectivity index (χ0v) is 21.6. The minimum absolute atomic E-state index is 0.0798. The quantitative estimate of drug-likeness (QED) is 0.256. The van der Waals surface area contributed by atoms with Crippen molar-refractivity contribution in [3.8, 4) is 11.5 Å². The van der Waals surface area contributed by atoms with Crippen LogP contribution in [0.4, 0.5) is 0 Å². The van der Waals surface area contributed by atoms with Gasteiger partial charge in [-0.2, -0.15) is 0 Å². The summed E-state index contributed by atoms with van der Waals surface area (Å²) in [4.78, 5) is 1.61. The molecule has 2 unspecified atom stereocenters. The van der Waals surface area contributed by atoms with Crippen LogP contribution >= 0.6 is 21.6 Å². The highest BCUT2D eigenvalue weighted by Gasteiger charge is 2.20. The van der Waals surface area contributed by atoms with Crippen molar-refractivity contribution in [3.63, 3.8) is 0 Å². The van der Waals surface area contributed by atoms with E-state index < -0.39 is 0 Å². The fourth-order valence-electron chi connectivity index (χ4n) is 4.26. The zero-order valence-electron chi connectivity index (χ0n) is 19.9. The summed E-state index contributed by atoms with van der Waals surface area (Å²) in [5.74, 6) is 0.779. The summed E-state index contributed by atoms with van der Waals surface area (Å²) in [5.41, 5.74) is 6.38. The van der Waals surface area contributed by atoms with Crippen molar-refractivity contribution in [2.45, 2.75) is 49.3 Å². The third-order valence-electron chi connectivity index (χ3n) is 6.25. The van der Waals surface area contributed by atoms with Crippen LogP contribution in [0.2, 0.25) is 0 Å². The topological polar surface area (TPSA) is 40.5 Å². The molecule has 2 nitrogen and oxygen atoms in total. The molecule has 0 aliphatic rings. The van der Waals surface area contributed by atoms with Crippen molar-refractivity contribution in [2.24, 2.45) is 0 Å². The van der Waals surface area contributed by atoms with Crippen LogP contribution in [0.15, 0.2) is 94.7 Å². The van der Waals surface area contributed by atoms with E-state index in [4.69, 9.17) is 0 Å². The highest BCUT2D eigenvalue weighted by Crippen LogP contribution is 2.49. The fraction of sp³-hybridized carbons (Fsp3) is 0.200. The molecule has 4 aromatic rings. The van der Waals surface area contributed by atoms with Crippen molar-refractivity contribution in [2.75, 3.05) is 0 Å². The third-order valence-corrected chi connectivity index (χ3v) is 8.64. The van der Waals surface area contributed by atoms with Crippen molar-refractivity contribution in [3.05, 3.63) is 118 Å². The van der Waals surface area contributed by atoms with E-state index in [0.29, 0.717) is 11.5 Å². The van der Waals surface area contributed by atoms with Crippen LogP contribution in [-0.2, 0) is 0 Å². The van der Waals surface area contributed by atoms with E-state index in [1.165, 1.54) is 32.7 Å². The first kappa shape index (κ1) is 24.3. The first-order valence-corrected chi connectivity index (χ1v) is 13.6.